The van der Waals surface area contributed by atoms with Gasteiger partial charge in [0.05, 0.1) is 18.1 Å². The fraction of sp³-hybridized carbons (Fsp3) is 0.353. The molecule has 3 aromatic heterocycles. The molecule has 1 amide bonds. The molecule has 24 heavy (non-hydrogen) atoms. The van der Waals surface area contributed by atoms with E-state index in [0.717, 1.165) is 26.8 Å². The molecule has 0 spiro atoms. The van der Waals surface area contributed by atoms with E-state index in [1.54, 1.807) is 17.6 Å². The van der Waals surface area contributed by atoms with Crippen LogP contribution in [0.4, 0.5) is 0 Å². The Morgan fingerprint density at radius 3 is 2.88 bits per heavy atom. The zero-order valence-electron chi connectivity index (χ0n) is 14.0. The predicted octanol–water partition coefficient (Wildman–Crippen LogP) is 4.01. The quantitative estimate of drug-likeness (QED) is 0.549. The van der Waals surface area contributed by atoms with Crippen molar-refractivity contribution in [3.05, 3.63) is 40.4 Å². The zero-order valence-corrected chi connectivity index (χ0v) is 15.7. The first kappa shape index (κ1) is 17.0. The number of carbonyl (C=O) groups is 1. The maximum atomic E-state index is 12.3. The number of aromatic nitrogens is 2. The summed E-state index contributed by atoms with van der Waals surface area (Å²) in [5.41, 5.74) is 1.20. The minimum absolute atomic E-state index is 0.0366. The van der Waals surface area contributed by atoms with Gasteiger partial charge in [-0.05, 0) is 45.4 Å². The first-order valence-electron chi connectivity index (χ1n) is 7.66. The summed E-state index contributed by atoms with van der Waals surface area (Å²) in [4.78, 5) is 23.7. The Morgan fingerprint density at radius 2 is 2.17 bits per heavy atom. The maximum absolute atomic E-state index is 12.3. The lowest BCUT2D eigenvalue weighted by atomic mass is 10.2. The Kier molecular flexibility index (Phi) is 4.91. The Bertz CT molecular complexity index is 872. The Balaban J connectivity index is 1.77. The number of rotatable bonds is 5. The molecule has 1 atom stereocenters. The normalized spacial score (nSPS) is 12.5. The van der Waals surface area contributed by atoms with E-state index >= 15 is 0 Å². The highest BCUT2D eigenvalue weighted by atomic mass is 32.2. The molecule has 126 valence electrons. The first-order valence-corrected chi connectivity index (χ1v) is 9.36. The van der Waals surface area contributed by atoms with Gasteiger partial charge in [0.1, 0.15) is 21.4 Å². The minimum atomic E-state index is -0.253. The fourth-order valence-corrected chi connectivity index (χ4v) is 4.57. The van der Waals surface area contributed by atoms with Gasteiger partial charge in [-0.1, -0.05) is 11.8 Å². The summed E-state index contributed by atoms with van der Waals surface area (Å²) in [5, 5.41) is 4.58. The highest BCUT2D eigenvalue weighted by molar-refractivity contribution is 8.00. The third kappa shape index (κ3) is 3.47. The molecule has 1 N–H and O–H groups in total. The van der Waals surface area contributed by atoms with E-state index in [1.807, 2.05) is 26.0 Å². The van der Waals surface area contributed by atoms with E-state index < -0.39 is 0 Å². The number of aryl methyl sites for hydroxylation is 3. The van der Waals surface area contributed by atoms with Crippen molar-refractivity contribution in [3.8, 4) is 0 Å². The number of thioether (sulfide) groups is 1. The lowest BCUT2D eigenvalue weighted by Crippen LogP contribution is -2.30. The molecule has 0 bridgehead atoms. The number of carbonyl (C=O) groups excluding carboxylic acids is 1. The predicted molar refractivity (Wildman–Crippen MR) is 97.5 cm³/mol. The van der Waals surface area contributed by atoms with E-state index in [-0.39, 0.29) is 11.2 Å². The van der Waals surface area contributed by atoms with Crippen LogP contribution in [-0.4, -0.2) is 21.1 Å². The molecule has 0 fully saturated rings. The number of hydrogen-bond acceptors (Lipinski definition) is 6. The average molecular weight is 361 g/mol. The van der Waals surface area contributed by atoms with Gasteiger partial charge >= 0.3 is 0 Å². The van der Waals surface area contributed by atoms with E-state index in [9.17, 15) is 4.79 Å². The van der Waals surface area contributed by atoms with Crippen molar-refractivity contribution < 1.29 is 9.21 Å². The van der Waals surface area contributed by atoms with Gasteiger partial charge in [0, 0.05) is 10.3 Å². The fourth-order valence-electron chi connectivity index (χ4n) is 2.35. The van der Waals surface area contributed by atoms with Crippen LogP contribution in [0.5, 0.6) is 0 Å². The molecule has 0 aliphatic rings. The van der Waals surface area contributed by atoms with Crippen LogP contribution in [0.2, 0.25) is 0 Å². The van der Waals surface area contributed by atoms with Gasteiger partial charge in [0.2, 0.25) is 5.91 Å². The smallest absolute Gasteiger partial charge is 0.233 e. The molecule has 0 saturated heterocycles. The standard InChI is InChI=1S/C17H19N3O2S2/c1-9-10(2)23-16-14(9)17(20-12(4)19-16)24-11(3)15(21)18-8-13-6-5-7-22-13/h5-7,11H,8H2,1-4H3,(H,18,21)/t11-/m1/s1. The molecule has 3 heterocycles. The molecule has 0 unspecified atom stereocenters. The highest BCUT2D eigenvalue weighted by Crippen LogP contribution is 2.36. The van der Waals surface area contributed by atoms with E-state index in [4.69, 9.17) is 4.42 Å². The van der Waals surface area contributed by atoms with Gasteiger partial charge < -0.3 is 9.73 Å². The molecule has 0 radical (unpaired) electrons. The van der Waals surface area contributed by atoms with Crippen LogP contribution < -0.4 is 5.32 Å². The van der Waals surface area contributed by atoms with Gasteiger partial charge in [0.25, 0.3) is 0 Å². The summed E-state index contributed by atoms with van der Waals surface area (Å²) in [7, 11) is 0. The molecule has 0 aliphatic carbocycles. The molecular formula is C17H19N3O2S2. The second-order valence-electron chi connectivity index (χ2n) is 5.60. The van der Waals surface area contributed by atoms with Crippen LogP contribution >= 0.6 is 23.1 Å². The second kappa shape index (κ2) is 6.94. The third-order valence-electron chi connectivity index (χ3n) is 3.78. The van der Waals surface area contributed by atoms with Crippen LogP contribution in [0.3, 0.4) is 0 Å². The second-order valence-corrected chi connectivity index (χ2v) is 8.13. The zero-order chi connectivity index (χ0) is 17.3. The number of fused-ring (bicyclic) bond motifs is 1. The largest absolute Gasteiger partial charge is 0.467 e. The monoisotopic (exact) mass is 361 g/mol. The molecule has 0 aliphatic heterocycles. The average Bonchev–Trinajstić information content (AvgIpc) is 3.13. The van der Waals surface area contributed by atoms with Crippen LogP contribution in [0.15, 0.2) is 27.8 Å². The van der Waals surface area contributed by atoms with Crippen molar-refractivity contribution in [2.24, 2.45) is 0 Å². The number of nitrogens with zero attached hydrogens (tertiary/aromatic N) is 2. The summed E-state index contributed by atoms with van der Waals surface area (Å²) in [6.07, 6.45) is 1.60. The molecule has 3 rings (SSSR count). The van der Waals surface area contributed by atoms with E-state index in [1.165, 1.54) is 22.2 Å². The van der Waals surface area contributed by atoms with Gasteiger partial charge in [-0.25, -0.2) is 9.97 Å². The van der Waals surface area contributed by atoms with Crippen molar-refractivity contribution in [2.45, 2.75) is 44.5 Å². The lowest BCUT2D eigenvalue weighted by Gasteiger charge is -2.12. The number of amides is 1. The summed E-state index contributed by atoms with van der Waals surface area (Å²) < 4.78 is 5.23. The van der Waals surface area contributed by atoms with Crippen LogP contribution in [0, 0.1) is 20.8 Å². The van der Waals surface area contributed by atoms with E-state index in [2.05, 4.69) is 29.1 Å². The van der Waals surface area contributed by atoms with Crippen LogP contribution in [0.1, 0.15) is 28.9 Å². The molecular weight excluding hydrogens is 342 g/mol. The van der Waals surface area contributed by atoms with Gasteiger partial charge in [-0.3, -0.25) is 4.79 Å². The van der Waals surface area contributed by atoms with Crippen molar-refractivity contribution in [1.82, 2.24) is 15.3 Å². The third-order valence-corrected chi connectivity index (χ3v) is 5.97. The number of thiophene rings is 1. The topological polar surface area (TPSA) is 68.0 Å². The number of furan rings is 1. The van der Waals surface area contributed by atoms with Crippen LogP contribution in [-0.2, 0) is 11.3 Å². The SMILES string of the molecule is Cc1nc(S[C@H](C)C(=O)NCc2ccco2)c2c(C)c(C)sc2n1. The van der Waals surface area contributed by atoms with Crippen LogP contribution in [0.25, 0.3) is 10.2 Å². The summed E-state index contributed by atoms with van der Waals surface area (Å²) in [6.45, 7) is 8.34. The molecule has 0 aromatic carbocycles. The highest BCUT2D eigenvalue weighted by Gasteiger charge is 2.20. The van der Waals surface area contributed by atoms with Gasteiger partial charge in [-0.15, -0.1) is 11.3 Å². The number of hydrogen-bond donors (Lipinski definition) is 1. The Morgan fingerprint density at radius 1 is 1.38 bits per heavy atom. The maximum Gasteiger partial charge on any atom is 0.233 e. The molecule has 0 saturated carbocycles. The van der Waals surface area contributed by atoms with Crippen molar-refractivity contribution in [1.29, 1.82) is 0 Å². The van der Waals surface area contributed by atoms with Gasteiger partial charge in [0.15, 0.2) is 0 Å². The van der Waals surface area contributed by atoms with Crippen molar-refractivity contribution >= 4 is 39.2 Å². The lowest BCUT2D eigenvalue weighted by molar-refractivity contribution is -0.120. The molecule has 3 aromatic rings. The van der Waals surface area contributed by atoms with Crippen molar-refractivity contribution in [3.63, 3.8) is 0 Å². The summed E-state index contributed by atoms with van der Waals surface area (Å²) >= 11 is 3.15. The molecule has 5 nitrogen and oxygen atoms in total. The first-order chi connectivity index (χ1) is 11.5. The Labute approximate surface area is 148 Å². The Hall–Kier alpha value is -1.86. The van der Waals surface area contributed by atoms with Gasteiger partial charge in [-0.2, -0.15) is 0 Å². The van der Waals surface area contributed by atoms with E-state index in [0.29, 0.717) is 6.54 Å². The summed E-state index contributed by atoms with van der Waals surface area (Å²) in [5.74, 6) is 1.44. The van der Waals surface area contributed by atoms with Crippen molar-refractivity contribution in [2.75, 3.05) is 0 Å². The summed E-state index contributed by atoms with van der Waals surface area (Å²) in [6, 6.07) is 3.65. The molecule has 7 heteroatoms. The number of nitrogens with one attached hydrogen (secondary N) is 1. The minimum Gasteiger partial charge on any atom is -0.467 e.